The second-order valence-electron chi connectivity index (χ2n) is 8.54. The third-order valence-corrected chi connectivity index (χ3v) is 6.02. The van der Waals surface area contributed by atoms with Crippen LogP contribution in [-0.4, -0.2) is 47.9 Å². The molecule has 0 aliphatic carbocycles. The molecule has 0 bridgehead atoms. The summed E-state index contributed by atoms with van der Waals surface area (Å²) in [7, 11) is 3.74. The van der Waals surface area contributed by atoms with Gasteiger partial charge < -0.3 is 4.90 Å². The van der Waals surface area contributed by atoms with Crippen molar-refractivity contribution in [2.75, 3.05) is 27.2 Å². The summed E-state index contributed by atoms with van der Waals surface area (Å²) < 4.78 is 0. The molecule has 1 aliphatic rings. The zero-order chi connectivity index (χ0) is 21.0. The van der Waals surface area contributed by atoms with Crippen LogP contribution in [0.15, 0.2) is 79.1 Å². The Bertz CT molecular complexity index is 987. The SMILES string of the molecule is CN(C)C(=O)[C@]1(Cc2cccc(-c3ccccc3)c2)CCN(Cc2ccncc2)C1. The van der Waals surface area contributed by atoms with Crippen molar-refractivity contribution in [3.63, 3.8) is 0 Å². The maximum atomic E-state index is 13.3. The van der Waals surface area contributed by atoms with Crippen LogP contribution in [0.25, 0.3) is 11.1 Å². The number of amides is 1. The highest BCUT2D eigenvalue weighted by molar-refractivity contribution is 5.83. The molecule has 0 spiro atoms. The van der Waals surface area contributed by atoms with Gasteiger partial charge in [-0.2, -0.15) is 0 Å². The number of nitrogens with zero attached hydrogens (tertiary/aromatic N) is 3. The molecule has 2 heterocycles. The second kappa shape index (κ2) is 8.80. The number of hydrogen-bond donors (Lipinski definition) is 0. The highest BCUT2D eigenvalue weighted by Gasteiger charge is 2.45. The van der Waals surface area contributed by atoms with Gasteiger partial charge in [0.15, 0.2) is 0 Å². The minimum atomic E-state index is -0.383. The Morgan fingerprint density at radius 2 is 1.70 bits per heavy atom. The van der Waals surface area contributed by atoms with Gasteiger partial charge in [0.25, 0.3) is 0 Å². The molecule has 0 saturated carbocycles. The number of pyridine rings is 1. The van der Waals surface area contributed by atoms with Gasteiger partial charge >= 0.3 is 0 Å². The lowest BCUT2D eigenvalue weighted by Gasteiger charge is -2.31. The molecule has 4 rings (SSSR count). The van der Waals surface area contributed by atoms with Crippen LogP contribution in [0.3, 0.4) is 0 Å². The van der Waals surface area contributed by atoms with Crippen molar-refractivity contribution in [1.29, 1.82) is 0 Å². The normalized spacial score (nSPS) is 19.0. The molecule has 4 nitrogen and oxygen atoms in total. The summed E-state index contributed by atoms with van der Waals surface area (Å²) in [5.74, 6) is 0.227. The van der Waals surface area contributed by atoms with E-state index in [9.17, 15) is 4.79 Å². The third-order valence-electron chi connectivity index (χ3n) is 6.02. The first kappa shape index (κ1) is 20.3. The van der Waals surface area contributed by atoms with Crippen molar-refractivity contribution in [2.24, 2.45) is 5.41 Å². The van der Waals surface area contributed by atoms with Crippen LogP contribution in [0, 0.1) is 5.41 Å². The first-order chi connectivity index (χ1) is 14.6. The van der Waals surface area contributed by atoms with E-state index in [2.05, 4.69) is 70.5 Å². The van der Waals surface area contributed by atoms with Crippen LogP contribution in [0.2, 0.25) is 0 Å². The summed E-state index contributed by atoms with van der Waals surface area (Å²) in [6.07, 6.45) is 5.31. The van der Waals surface area contributed by atoms with Crippen LogP contribution in [0.5, 0.6) is 0 Å². The van der Waals surface area contributed by atoms with Crippen LogP contribution < -0.4 is 0 Å². The summed E-state index contributed by atoms with van der Waals surface area (Å²) in [5, 5.41) is 0. The van der Waals surface area contributed by atoms with Crippen LogP contribution >= 0.6 is 0 Å². The van der Waals surface area contributed by atoms with Gasteiger partial charge in [0, 0.05) is 39.6 Å². The standard InChI is InChI=1S/C26H29N3O/c1-28(2)25(30)26(13-16-29(20-26)19-21-11-14-27-15-12-21)18-22-7-6-10-24(17-22)23-8-4-3-5-9-23/h3-12,14-15,17H,13,16,18-20H2,1-2H3/t26-/m0/s1. The van der Waals surface area contributed by atoms with Gasteiger partial charge in [-0.25, -0.2) is 0 Å². The summed E-state index contributed by atoms with van der Waals surface area (Å²) >= 11 is 0. The van der Waals surface area contributed by atoms with E-state index in [1.165, 1.54) is 22.3 Å². The van der Waals surface area contributed by atoms with E-state index in [0.717, 1.165) is 32.5 Å². The number of carbonyl (C=O) groups excluding carboxylic acids is 1. The lowest BCUT2D eigenvalue weighted by molar-refractivity contribution is -0.138. The summed E-state index contributed by atoms with van der Waals surface area (Å²) in [6.45, 7) is 2.57. The average Bonchev–Trinajstić information content (AvgIpc) is 3.18. The molecule has 3 aromatic rings. The quantitative estimate of drug-likeness (QED) is 0.621. The highest BCUT2D eigenvalue weighted by Crippen LogP contribution is 2.37. The maximum absolute atomic E-state index is 13.3. The molecule has 154 valence electrons. The van der Waals surface area contributed by atoms with E-state index in [-0.39, 0.29) is 11.3 Å². The van der Waals surface area contributed by atoms with E-state index in [1.54, 1.807) is 4.90 Å². The van der Waals surface area contributed by atoms with Gasteiger partial charge in [-0.05, 0) is 53.8 Å². The Balaban J connectivity index is 1.57. The molecular formula is C26H29N3O. The third kappa shape index (κ3) is 4.44. The van der Waals surface area contributed by atoms with Crippen molar-refractivity contribution < 1.29 is 4.79 Å². The van der Waals surface area contributed by atoms with Crippen molar-refractivity contribution in [3.8, 4) is 11.1 Å². The van der Waals surface area contributed by atoms with Crippen LogP contribution in [0.1, 0.15) is 17.5 Å². The first-order valence-corrected chi connectivity index (χ1v) is 10.5. The van der Waals surface area contributed by atoms with E-state index in [4.69, 9.17) is 0 Å². The van der Waals surface area contributed by atoms with Gasteiger partial charge in [0.05, 0.1) is 5.41 Å². The Morgan fingerprint density at radius 3 is 2.43 bits per heavy atom. The molecular weight excluding hydrogens is 370 g/mol. The van der Waals surface area contributed by atoms with Gasteiger partial charge in [-0.3, -0.25) is 14.7 Å². The average molecular weight is 400 g/mol. The fraction of sp³-hybridized carbons (Fsp3) is 0.308. The number of benzene rings is 2. The topological polar surface area (TPSA) is 36.4 Å². The van der Waals surface area contributed by atoms with Crippen LogP contribution in [0.4, 0.5) is 0 Å². The molecule has 1 saturated heterocycles. The Hall–Kier alpha value is -2.98. The molecule has 0 N–H and O–H groups in total. The molecule has 4 heteroatoms. The molecule has 1 fully saturated rings. The van der Waals surface area contributed by atoms with E-state index in [1.807, 2.05) is 32.6 Å². The van der Waals surface area contributed by atoms with Crippen LogP contribution in [-0.2, 0) is 17.8 Å². The van der Waals surface area contributed by atoms with E-state index in [0.29, 0.717) is 0 Å². The first-order valence-electron chi connectivity index (χ1n) is 10.5. The summed E-state index contributed by atoms with van der Waals surface area (Å²) in [6, 6.07) is 23.2. The number of rotatable bonds is 6. The number of aromatic nitrogens is 1. The number of carbonyl (C=O) groups is 1. The zero-order valence-corrected chi connectivity index (χ0v) is 17.8. The van der Waals surface area contributed by atoms with Crippen molar-refractivity contribution in [3.05, 3.63) is 90.3 Å². The second-order valence-corrected chi connectivity index (χ2v) is 8.54. The minimum Gasteiger partial charge on any atom is -0.348 e. The molecule has 2 aromatic carbocycles. The Morgan fingerprint density at radius 1 is 0.967 bits per heavy atom. The molecule has 1 aliphatic heterocycles. The minimum absolute atomic E-state index is 0.227. The molecule has 1 aromatic heterocycles. The molecule has 1 atom stereocenters. The number of hydrogen-bond acceptors (Lipinski definition) is 3. The maximum Gasteiger partial charge on any atom is 0.229 e. The van der Waals surface area contributed by atoms with Crippen molar-refractivity contribution in [2.45, 2.75) is 19.4 Å². The fourth-order valence-electron chi connectivity index (χ4n) is 4.59. The van der Waals surface area contributed by atoms with Crippen molar-refractivity contribution >= 4 is 5.91 Å². The van der Waals surface area contributed by atoms with Crippen molar-refractivity contribution in [1.82, 2.24) is 14.8 Å². The lowest BCUT2D eigenvalue weighted by atomic mass is 9.79. The smallest absolute Gasteiger partial charge is 0.229 e. The molecule has 1 amide bonds. The van der Waals surface area contributed by atoms with Gasteiger partial charge in [-0.1, -0.05) is 54.6 Å². The highest BCUT2D eigenvalue weighted by atomic mass is 16.2. The van der Waals surface area contributed by atoms with Gasteiger partial charge in [0.1, 0.15) is 0 Å². The number of likely N-dealkylation sites (tertiary alicyclic amines) is 1. The Labute approximate surface area is 179 Å². The van der Waals surface area contributed by atoms with E-state index >= 15 is 0 Å². The zero-order valence-electron chi connectivity index (χ0n) is 17.8. The summed E-state index contributed by atoms with van der Waals surface area (Å²) in [5.41, 5.74) is 4.48. The lowest BCUT2D eigenvalue weighted by Crippen LogP contribution is -2.43. The predicted molar refractivity (Wildman–Crippen MR) is 121 cm³/mol. The molecule has 30 heavy (non-hydrogen) atoms. The van der Waals surface area contributed by atoms with E-state index < -0.39 is 0 Å². The van der Waals surface area contributed by atoms with Gasteiger partial charge in [0.2, 0.25) is 5.91 Å². The Kier molecular flexibility index (Phi) is 5.96. The molecule has 0 unspecified atom stereocenters. The fourth-order valence-corrected chi connectivity index (χ4v) is 4.59. The largest absolute Gasteiger partial charge is 0.348 e. The monoisotopic (exact) mass is 399 g/mol. The predicted octanol–water partition coefficient (Wildman–Crippen LogP) is 4.27. The van der Waals surface area contributed by atoms with Gasteiger partial charge in [-0.15, -0.1) is 0 Å². The summed E-state index contributed by atoms with van der Waals surface area (Å²) in [4.78, 5) is 21.6. The molecule has 0 radical (unpaired) electrons.